The van der Waals surface area contributed by atoms with Crippen LogP contribution in [0.1, 0.15) is 0 Å². The van der Waals surface area contributed by atoms with Gasteiger partial charge in [-0.05, 0) is 0 Å². The molecule has 4 heterocycles. The molecule has 0 bridgehead atoms. The van der Waals surface area contributed by atoms with E-state index in [1.165, 1.54) is 0 Å². The standard InChI is InChI=1S/C12H18O8/c1-7(15-3-13-1)9-11(19-5-17-9)12-10(18-6-20-12)8-2-14-4-16-8/h7-12H,1-6H2. The Kier molecular flexibility index (Phi) is 3.88. The molecule has 0 aromatic rings. The van der Waals surface area contributed by atoms with Gasteiger partial charge in [0.25, 0.3) is 0 Å². The van der Waals surface area contributed by atoms with Crippen molar-refractivity contribution in [2.24, 2.45) is 0 Å². The topological polar surface area (TPSA) is 73.8 Å². The molecule has 8 nitrogen and oxygen atoms in total. The fourth-order valence-electron chi connectivity index (χ4n) is 3.05. The molecular formula is C12H18O8. The average Bonchev–Trinajstić information content (AvgIpc) is 3.23. The number of hydrogen-bond donors (Lipinski definition) is 0. The fourth-order valence-corrected chi connectivity index (χ4v) is 3.05. The molecule has 4 aliphatic heterocycles. The summed E-state index contributed by atoms with van der Waals surface area (Å²) in [6.45, 7) is 2.05. The lowest BCUT2D eigenvalue weighted by molar-refractivity contribution is -0.0691. The van der Waals surface area contributed by atoms with Gasteiger partial charge in [0.1, 0.15) is 63.8 Å². The van der Waals surface area contributed by atoms with Crippen LogP contribution in [-0.4, -0.2) is 77.0 Å². The van der Waals surface area contributed by atoms with Crippen LogP contribution in [0.25, 0.3) is 0 Å². The van der Waals surface area contributed by atoms with E-state index in [4.69, 9.17) is 37.9 Å². The minimum atomic E-state index is -0.251. The quantitative estimate of drug-likeness (QED) is 0.670. The fraction of sp³-hybridized carbons (Fsp3) is 1.00. The van der Waals surface area contributed by atoms with Crippen LogP contribution in [0, 0.1) is 0 Å². The second-order valence-corrected chi connectivity index (χ2v) is 5.15. The first-order chi connectivity index (χ1) is 9.93. The van der Waals surface area contributed by atoms with E-state index in [-0.39, 0.29) is 50.2 Å². The summed E-state index contributed by atoms with van der Waals surface area (Å²) in [6.07, 6.45) is -1.19. The van der Waals surface area contributed by atoms with E-state index in [0.717, 1.165) is 0 Å². The van der Waals surface area contributed by atoms with Crippen molar-refractivity contribution in [3.63, 3.8) is 0 Å². The molecule has 0 amide bonds. The smallest absolute Gasteiger partial charge is 0.148 e. The van der Waals surface area contributed by atoms with Crippen molar-refractivity contribution in [1.82, 2.24) is 0 Å². The first kappa shape index (κ1) is 13.4. The van der Waals surface area contributed by atoms with Gasteiger partial charge in [0.2, 0.25) is 0 Å². The third-order valence-electron chi connectivity index (χ3n) is 4.04. The van der Waals surface area contributed by atoms with E-state index in [2.05, 4.69) is 0 Å². The van der Waals surface area contributed by atoms with Crippen molar-refractivity contribution in [2.45, 2.75) is 36.6 Å². The molecular weight excluding hydrogens is 272 g/mol. The Balaban J connectivity index is 1.46. The summed E-state index contributed by atoms with van der Waals surface area (Å²) in [5.74, 6) is 0. The summed E-state index contributed by atoms with van der Waals surface area (Å²) in [5.41, 5.74) is 0. The molecule has 4 fully saturated rings. The lowest BCUT2D eigenvalue weighted by Crippen LogP contribution is -2.50. The first-order valence-corrected chi connectivity index (χ1v) is 6.78. The Morgan fingerprint density at radius 3 is 1.30 bits per heavy atom. The molecule has 20 heavy (non-hydrogen) atoms. The Bertz CT molecular complexity index is 295. The Morgan fingerprint density at radius 1 is 0.450 bits per heavy atom. The van der Waals surface area contributed by atoms with E-state index in [1.807, 2.05) is 0 Å². The number of ether oxygens (including phenoxy) is 8. The summed E-state index contributed by atoms with van der Waals surface area (Å²) >= 11 is 0. The molecule has 0 spiro atoms. The Hall–Kier alpha value is -0.320. The third-order valence-corrected chi connectivity index (χ3v) is 4.04. The van der Waals surface area contributed by atoms with E-state index in [0.29, 0.717) is 26.8 Å². The predicted octanol–water partition coefficient (Wildman–Crippen LogP) is -0.785. The van der Waals surface area contributed by atoms with Gasteiger partial charge in [-0.15, -0.1) is 0 Å². The van der Waals surface area contributed by atoms with Gasteiger partial charge in [0.05, 0.1) is 13.2 Å². The molecule has 4 rings (SSSR count). The van der Waals surface area contributed by atoms with E-state index in [1.54, 1.807) is 0 Å². The van der Waals surface area contributed by atoms with Crippen molar-refractivity contribution in [1.29, 1.82) is 0 Å². The van der Waals surface area contributed by atoms with Gasteiger partial charge in [0.15, 0.2) is 0 Å². The van der Waals surface area contributed by atoms with Gasteiger partial charge >= 0.3 is 0 Å². The molecule has 4 aliphatic rings. The molecule has 6 atom stereocenters. The molecule has 0 aromatic carbocycles. The van der Waals surface area contributed by atoms with Crippen LogP contribution in [0.4, 0.5) is 0 Å². The summed E-state index contributed by atoms with van der Waals surface area (Å²) < 4.78 is 44.1. The summed E-state index contributed by atoms with van der Waals surface area (Å²) in [5, 5.41) is 0. The number of hydrogen-bond acceptors (Lipinski definition) is 8. The molecule has 0 aromatic heterocycles. The van der Waals surface area contributed by atoms with E-state index < -0.39 is 0 Å². The van der Waals surface area contributed by atoms with Crippen molar-refractivity contribution in [3.05, 3.63) is 0 Å². The van der Waals surface area contributed by atoms with Crippen LogP contribution in [0.2, 0.25) is 0 Å². The lowest BCUT2D eigenvalue weighted by Gasteiger charge is -2.29. The van der Waals surface area contributed by atoms with Gasteiger partial charge in [-0.3, -0.25) is 0 Å². The highest BCUT2D eigenvalue weighted by Crippen LogP contribution is 2.32. The first-order valence-electron chi connectivity index (χ1n) is 6.78. The highest BCUT2D eigenvalue weighted by atomic mass is 16.8. The molecule has 0 N–H and O–H groups in total. The van der Waals surface area contributed by atoms with Gasteiger partial charge in [0, 0.05) is 0 Å². The predicted molar refractivity (Wildman–Crippen MR) is 60.6 cm³/mol. The van der Waals surface area contributed by atoms with E-state index in [9.17, 15) is 0 Å². The molecule has 6 unspecified atom stereocenters. The highest BCUT2D eigenvalue weighted by molar-refractivity contribution is 4.96. The van der Waals surface area contributed by atoms with Crippen molar-refractivity contribution in [3.8, 4) is 0 Å². The molecule has 8 heteroatoms. The summed E-state index contributed by atoms with van der Waals surface area (Å²) in [7, 11) is 0. The molecule has 4 saturated heterocycles. The van der Waals surface area contributed by atoms with Crippen LogP contribution in [0.5, 0.6) is 0 Å². The molecule has 0 aliphatic carbocycles. The zero-order valence-electron chi connectivity index (χ0n) is 11.0. The van der Waals surface area contributed by atoms with Gasteiger partial charge in [-0.2, -0.15) is 0 Å². The van der Waals surface area contributed by atoms with Crippen LogP contribution < -0.4 is 0 Å². The van der Waals surface area contributed by atoms with Gasteiger partial charge < -0.3 is 37.9 Å². The Morgan fingerprint density at radius 2 is 0.900 bits per heavy atom. The summed E-state index contributed by atoms with van der Waals surface area (Å²) in [6, 6.07) is 0. The van der Waals surface area contributed by atoms with Crippen LogP contribution in [0.3, 0.4) is 0 Å². The van der Waals surface area contributed by atoms with Gasteiger partial charge in [-0.25, -0.2) is 0 Å². The maximum atomic E-state index is 5.69. The van der Waals surface area contributed by atoms with Crippen LogP contribution in [-0.2, 0) is 37.9 Å². The van der Waals surface area contributed by atoms with E-state index >= 15 is 0 Å². The minimum Gasteiger partial charge on any atom is -0.353 e. The zero-order chi connectivity index (χ0) is 13.4. The highest BCUT2D eigenvalue weighted by Gasteiger charge is 2.51. The second-order valence-electron chi connectivity index (χ2n) is 5.15. The average molecular weight is 290 g/mol. The van der Waals surface area contributed by atoms with Gasteiger partial charge in [-0.1, -0.05) is 0 Å². The molecule has 114 valence electrons. The van der Waals surface area contributed by atoms with Crippen molar-refractivity contribution in [2.75, 3.05) is 40.4 Å². The molecule has 0 radical (unpaired) electrons. The minimum absolute atomic E-state index is 0.131. The monoisotopic (exact) mass is 290 g/mol. The lowest BCUT2D eigenvalue weighted by atomic mass is 9.97. The van der Waals surface area contributed by atoms with Crippen molar-refractivity contribution >= 4 is 0 Å². The number of rotatable bonds is 3. The Labute approximate surface area is 116 Å². The molecule has 0 saturated carbocycles. The largest absolute Gasteiger partial charge is 0.353 e. The normalized spacial score (nSPS) is 49.2. The second kappa shape index (κ2) is 5.82. The third kappa shape index (κ3) is 2.36. The van der Waals surface area contributed by atoms with Crippen LogP contribution >= 0.6 is 0 Å². The SMILES string of the molecule is C1OCC(C2OCOC2C2OCOC2C2COCO2)O1. The zero-order valence-corrected chi connectivity index (χ0v) is 11.0. The maximum absolute atomic E-state index is 5.69. The van der Waals surface area contributed by atoms with Crippen LogP contribution in [0.15, 0.2) is 0 Å². The maximum Gasteiger partial charge on any atom is 0.148 e. The summed E-state index contributed by atoms with van der Waals surface area (Å²) in [4.78, 5) is 0. The van der Waals surface area contributed by atoms with Crippen molar-refractivity contribution < 1.29 is 37.9 Å².